The van der Waals surface area contributed by atoms with Gasteiger partial charge in [-0.3, -0.25) is 4.79 Å². The van der Waals surface area contributed by atoms with Gasteiger partial charge in [-0.1, -0.05) is 25.7 Å². The molecule has 0 saturated heterocycles. The third kappa shape index (κ3) is 4.65. The van der Waals surface area contributed by atoms with Crippen LogP contribution in [0.1, 0.15) is 51.9 Å². The zero-order valence-corrected chi connectivity index (χ0v) is 9.71. The minimum absolute atomic E-state index is 0.00199. The van der Waals surface area contributed by atoms with Crippen LogP contribution in [0.2, 0.25) is 0 Å². The molecule has 88 valence electrons. The third-order valence-corrected chi connectivity index (χ3v) is 3.21. The second-order valence-electron chi connectivity index (χ2n) is 4.42. The predicted octanol–water partition coefficient (Wildman–Crippen LogP) is 2.24. The van der Waals surface area contributed by atoms with Crippen LogP contribution in [0.4, 0.5) is 0 Å². The predicted molar refractivity (Wildman–Crippen MR) is 60.4 cm³/mol. The van der Waals surface area contributed by atoms with Crippen LogP contribution >= 0.6 is 0 Å². The van der Waals surface area contributed by atoms with Crippen LogP contribution < -0.4 is 5.73 Å². The second-order valence-corrected chi connectivity index (χ2v) is 4.42. The van der Waals surface area contributed by atoms with Crippen molar-refractivity contribution >= 4 is 5.97 Å². The summed E-state index contributed by atoms with van der Waals surface area (Å²) in [7, 11) is 0. The fourth-order valence-electron chi connectivity index (χ4n) is 2.32. The molecule has 0 heterocycles. The minimum Gasteiger partial charge on any atom is -0.466 e. The van der Waals surface area contributed by atoms with Crippen LogP contribution in [0.25, 0.3) is 0 Å². The highest BCUT2D eigenvalue weighted by Crippen LogP contribution is 2.25. The lowest BCUT2D eigenvalue weighted by Crippen LogP contribution is -2.33. The summed E-state index contributed by atoms with van der Waals surface area (Å²) in [5.74, 6) is 0.381. The van der Waals surface area contributed by atoms with Gasteiger partial charge in [0.05, 0.1) is 13.0 Å². The van der Waals surface area contributed by atoms with Crippen LogP contribution in [-0.2, 0) is 9.53 Å². The fourth-order valence-corrected chi connectivity index (χ4v) is 2.32. The van der Waals surface area contributed by atoms with Gasteiger partial charge in [-0.25, -0.2) is 0 Å². The Morgan fingerprint density at radius 3 is 2.47 bits per heavy atom. The number of carbonyl (C=O) groups excluding carboxylic acids is 1. The molecule has 0 amide bonds. The van der Waals surface area contributed by atoms with Crippen molar-refractivity contribution in [3.63, 3.8) is 0 Å². The van der Waals surface area contributed by atoms with Crippen molar-refractivity contribution in [2.75, 3.05) is 6.61 Å². The fraction of sp³-hybridized carbons (Fsp3) is 0.917. The molecule has 3 nitrogen and oxygen atoms in total. The molecule has 15 heavy (non-hydrogen) atoms. The van der Waals surface area contributed by atoms with Crippen LogP contribution in [0.5, 0.6) is 0 Å². The van der Waals surface area contributed by atoms with Gasteiger partial charge >= 0.3 is 5.97 Å². The molecule has 1 unspecified atom stereocenters. The van der Waals surface area contributed by atoms with Gasteiger partial charge in [-0.2, -0.15) is 0 Å². The molecule has 1 fully saturated rings. The zero-order chi connectivity index (χ0) is 11.1. The average Bonchev–Trinajstić information content (AvgIpc) is 2.45. The Kier molecular flexibility index (Phi) is 5.69. The molecule has 1 aliphatic carbocycles. The molecule has 0 radical (unpaired) electrons. The first-order valence-electron chi connectivity index (χ1n) is 6.15. The maximum Gasteiger partial charge on any atom is 0.307 e. The van der Waals surface area contributed by atoms with E-state index in [1.807, 2.05) is 6.92 Å². The summed E-state index contributed by atoms with van der Waals surface area (Å²) in [6, 6.07) is 0.00199. The Hall–Kier alpha value is -0.570. The molecule has 0 aromatic heterocycles. The SMILES string of the molecule is CCOC(=O)CC(N)C1CCCCCC1. The van der Waals surface area contributed by atoms with Crippen LogP contribution in [0.15, 0.2) is 0 Å². The van der Waals surface area contributed by atoms with Gasteiger partial charge in [0.15, 0.2) is 0 Å². The van der Waals surface area contributed by atoms with E-state index < -0.39 is 0 Å². The molecule has 0 spiro atoms. The lowest BCUT2D eigenvalue weighted by Gasteiger charge is -2.21. The molecular weight excluding hydrogens is 190 g/mol. The van der Waals surface area contributed by atoms with E-state index >= 15 is 0 Å². The number of esters is 1. The van der Waals surface area contributed by atoms with Crippen molar-refractivity contribution in [1.29, 1.82) is 0 Å². The van der Waals surface area contributed by atoms with E-state index in [4.69, 9.17) is 10.5 Å². The van der Waals surface area contributed by atoms with E-state index in [-0.39, 0.29) is 12.0 Å². The average molecular weight is 213 g/mol. The highest BCUT2D eigenvalue weighted by Gasteiger charge is 2.22. The van der Waals surface area contributed by atoms with E-state index in [1.165, 1.54) is 38.5 Å². The molecule has 0 aliphatic heterocycles. The minimum atomic E-state index is -0.144. The molecule has 1 aliphatic rings. The van der Waals surface area contributed by atoms with E-state index in [2.05, 4.69) is 0 Å². The Labute approximate surface area is 92.4 Å². The number of nitrogens with two attached hydrogens (primary N) is 1. The van der Waals surface area contributed by atoms with Gasteiger partial charge in [-0.15, -0.1) is 0 Å². The topological polar surface area (TPSA) is 52.3 Å². The number of hydrogen-bond acceptors (Lipinski definition) is 3. The van der Waals surface area contributed by atoms with Crippen molar-refractivity contribution in [2.45, 2.75) is 57.9 Å². The Morgan fingerprint density at radius 2 is 1.93 bits per heavy atom. The van der Waals surface area contributed by atoms with Crippen molar-refractivity contribution in [1.82, 2.24) is 0 Å². The van der Waals surface area contributed by atoms with E-state index in [0.717, 1.165) is 0 Å². The molecule has 3 heteroatoms. The highest BCUT2D eigenvalue weighted by molar-refractivity contribution is 5.70. The van der Waals surface area contributed by atoms with Crippen molar-refractivity contribution < 1.29 is 9.53 Å². The monoisotopic (exact) mass is 213 g/mol. The summed E-state index contributed by atoms with van der Waals surface area (Å²) < 4.78 is 4.92. The summed E-state index contributed by atoms with van der Waals surface area (Å²) in [5.41, 5.74) is 6.05. The summed E-state index contributed by atoms with van der Waals surface area (Å²) in [6.07, 6.45) is 7.92. The normalized spacial score (nSPS) is 20.7. The van der Waals surface area contributed by atoms with Gasteiger partial charge in [-0.05, 0) is 25.7 Å². The lowest BCUT2D eigenvalue weighted by molar-refractivity contribution is -0.143. The largest absolute Gasteiger partial charge is 0.466 e. The van der Waals surface area contributed by atoms with Gasteiger partial charge < -0.3 is 10.5 Å². The molecule has 0 bridgehead atoms. The second kappa shape index (κ2) is 6.83. The first kappa shape index (κ1) is 12.5. The maximum absolute atomic E-state index is 11.3. The molecule has 1 atom stereocenters. The smallest absolute Gasteiger partial charge is 0.307 e. The molecule has 2 N–H and O–H groups in total. The number of ether oxygens (including phenoxy) is 1. The van der Waals surface area contributed by atoms with Crippen LogP contribution in [-0.4, -0.2) is 18.6 Å². The van der Waals surface area contributed by atoms with E-state index in [9.17, 15) is 4.79 Å². The highest BCUT2D eigenvalue weighted by atomic mass is 16.5. The van der Waals surface area contributed by atoms with Gasteiger partial charge in [0, 0.05) is 6.04 Å². The number of rotatable bonds is 4. The molecule has 1 saturated carbocycles. The van der Waals surface area contributed by atoms with E-state index in [1.54, 1.807) is 0 Å². The summed E-state index contributed by atoms with van der Waals surface area (Å²) >= 11 is 0. The van der Waals surface area contributed by atoms with Gasteiger partial charge in [0.25, 0.3) is 0 Å². The Morgan fingerprint density at radius 1 is 1.33 bits per heavy atom. The number of carbonyl (C=O) groups is 1. The third-order valence-electron chi connectivity index (χ3n) is 3.21. The van der Waals surface area contributed by atoms with Crippen LogP contribution in [0, 0.1) is 5.92 Å². The van der Waals surface area contributed by atoms with Crippen molar-refractivity contribution in [3.8, 4) is 0 Å². The van der Waals surface area contributed by atoms with E-state index in [0.29, 0.717) is 18.9 Å². The molecular formula is C12H23NO2. The van der Waals surface area contributed by atoms with Crippen molar-refractivity contribution in [2.24, 2.45) is 11.7 Å². The first-order valence-corrected chi connectivity index (χ1v) is 6.15. The molecule has 0 aromatic carbocycles. The summed E-state index contributed by atoms with van der Waals surface area (Å²) in [4.78, 5) is 11.3. The maximum atomic E-state index is 11.3. The summed E-state index contributed by atoms with van der Waals surface area (Å²) in [6.45, 7) is 2.28. The lowest BCUT2D eigenvalue weighted by atomic mass is 9.90. The standard InChI is InChI=1S/C12H23NO2/c1-2-15-12(14)9-11(13)10-7-5-3-4-6-8-10/h10-11H,2-9,13H2,1H3. The van der Waals surface area contributed by atoms with Crippen LogP contribution in [0.3, 0.4) is 0 Å². The van der Waals surface area contributed by atoms with Crippen molar-refractivity contribution in [3.05, 3.63) is 0 Å². The summed E-state index contributed by atoms with van der Waals surface area (Å²) in [5, 5.41) is 0. The van der Waals surface area contributed by atoms with Gasteiger partial charge in [0.1, 0.15) is 0 Å². The molecule has 1 rings (SSSR count). The zero-order valence-electron chi connectivity index (χ0n) is 9.71. The quantitative estimate of drug-likeness (QED) is 0.575. The molecule has 0 aromatic rings. The Balaban J connectivity index is 2.30. The van der Waals surface area contributed by atoms with Gasteiger partial charge in [0.2, 0.25) is 0 Å². The first-order chi connectivity index (χ1) is 7.24. The number of hydrogen-bond donors (Lipinski definition) is 1. The Bertz CT molecular complexity index is 186.